The minimum Gasteiger partial charge on any atom is -0.489 e. The molecule has 0 unspecified atom stereocenters. The maximum Gasteiger partial charge on any atom is 0.189 e. The zero-order valence-corrected chi connectivity index (χ0v) is 21.2. The van der Waals surface area contributed by atoms with Crippen molar-refractivity contribution in [2.75, 3.05) is 11.9 Å². The second-order valence-electron chi connectivity index (χ2n) is 9.86. The van der Waals surface area contributed by atoms with Gasteiger partial charge in [0, 0.05) is 5.69 Å². The summed E-state index contributed by atoms with van der Waals surface area (Å²) in [6, 6.07) is 17.4. The number of rotatable bonds is 6. The summed E-state index contributed by atoms with van der Waals surface area (Å²) in [7, 11) is 0. The number of benzene rings is 2. The minimum absolute atomic E-state index is 0.271. The molecule has 3 saturated heterocycles. The largest absolute Gasteiger partial charge is 0.489 e. The Bertz CT molecular complexity index is 1030. The van der Waals surface area contributed by atoms with Crippen LogP contribution in [0.2, 0.25) is 0 Å². The zero-order chi connectivity index (χ0) is 24.6. The molecule has 5 atom stereocenters. The summed E-state index contributed by atoms with van der Waals surface area (Å²) in [6.07, 6.45) is -1.47. The van der Waals surface area contributed by atoms with Gasteiger partial charge in [-0.2, -0.15) is 0 Å². The van der Waals surface area contributed by atoms with E-state index in [2.05, 4.69) is 10.6 Å². The lowest BCUT2D eigenvalue weighted by Gasteiger charge is -2.30. The van der Waals surface area contributed by atoms with Gasteiger partial charge in [-0.05, 0) is 69.7 Å². The fourth-order valence-corrected chi connectivity index (χ4v) is 4.84. The Morgan fingerprint density at radius 3 is 2.37 bits per heavy atom. The van der Waals surface area contributed by atoms with Crippen molar-refractivity contribution in [3.8, 4) is 5.75 Å². The molecule has 0 bridgehead atoms. The van der Waals surface area contributed by atoms with E-state index >= 15 is 0 Å². The van der Waals surface area contributed by atoms with Crippen LogP contribution in [0.15, 0.2) is 54.6 Å². The van der Waals surface area contributed by atoms with Gasteiger partial charge >= 0.3 is 0 Å². The average molecular weight is 501 g/mol. The smallest absolute Gasteiger partial charge is 0.189 e. The van der Waals surface area contributed by atoms with Crippen LogP contribution < -0.4 is 15.4 Å². The molecular weight excluding hydrogens is 468 g/mol. The second kappa shape index (κ2) is 9.65. The third kappa shape index (κ3) is 5.77. The molecule has 0 aromatic heterocycles. The van der Waals surface area contributed by atoms with Crippen molar-refractivity contribution in [3.05, 3.63) is 60.2 Å². The fourth-order valence-electron chi connectivity index (χ4n) is 4.59. The number of anilines is 1. The molecule has 2 N–H and O–H groups in total. The van der Waals surface area contributed by atoms with Crippen LogP contribution in [-0.4, -0.2) is 53.9 Å². The maximum atomic E-state index is 6.22. The molecule has 3 aliphatic heterocycles. The van der Waals surface area contributed by atoms with Crippen molar-refractivity contribution < 1.29 is 28.4 Å². The van der Waals surface area contributed by atoms with Gasteiger partial charge in [0.05, 0.1) is 12.6 Å². The summed E-state index contributed by atoms with van der Waals surface area (Å²) in [6.45, 7) is 8.46. The standard InChI is InChI=1S/C26H32N2O6S/c1-25(2)30-15-19(32-25)21-20(22-23(31-21)34-26(3,4)33-22)28-24(35)27-17-10-12-18(13-11-17)29-14-16-8-6-5-7-9-16/h5-13,19-23H,14-15H2,1-4H3,(H2,27,28,35)/t19-,20-,21-,22-,23-/m1/s1. The lowest BCUT2D eigenvalue weighted by molar-refractivity contribution is -0.223. The molecule has 5 rings (SSSR count). The predicted molar refractivity (Wildman–Crippen MR) is 134 cm³/mol. The van der Waals surface area contributed by atoms with E-state index < -0.39 is 17.9 Å². The molecule has 3 aliphatic rings. The molecular formula is C26H32N2O6S. The lowest BCUT2D eigenvalue weighted by Crippen LogP contribution is -2.53. The molecule has 0 radical (unpaired) electrons. The Morgan fingerprint density at radius 2 is 1.69 bits per heavy atom. The summed E-state index contributed by atoms with van der Waals surface area (Å²) >= 11 is 5.63. The van der Waals surface area contributed by atoms with Gasteiger partial charge < -0.3 is 39.1 Å². The van der Waals surface area contributed by atoms with Crippen LogP contribution in [0.1, 0.15) is 33.3 Å². The van der Waals surface area contributed by atoms with E-state index in [1.165, 1.54) is 0 Å². The first-order chi connectivity index (χ1) is 16.7. The van der Waals surface area contributed by atoms with Crippen LogP contribution in [-0.2, 0) is 30.3 Å². The average Bonchev–Trinajstić information content (AvgIpc) is 3.43. The molecule has 188 valence electrons. The van der Waals surface area contributed by atoms with Crippen molar-refractivity contribution in [1.82, 2.24) is 5.32 Å². The van der Waals surface area contributed by atoms with Gasteiger partial charge in [-0.1, -0.05) is 30.3 Å². The third-order valence-corrected chi connectivity index (χ3v) is 6.36. The van der Waals surface area contributed by atoms with E-state index in [4.69, 9.17) is 40.6 Å². The Hall–Kier alpha value is -2.27. The molecule has 3 fully saturated rings. The Morgan fingerprint density at radius 1 is 0.943 bits per heavy atom. The molecule has 2 aromatic carbocycles. The molecule has 0 amide bonds. The molecule has 2 aromatic rings. The summed E-state index contributed by atoms with van der Waals surface area (Å²) < 4.78 is 36.0. The molecule has 35 heavy (non-hydrogen) atoms. The van der Waals surface area contributed by atoms with Crippen LogP contribution in [0.4, 0.5) is 5.69 Å². The van der Waals surface area contributed by atoms with Gasteiger partial charge in [-0.25, -0.2) is 0 Å². The van der Waals surface area contributed by atoms with Gasteiger partial charge in [0.1, 0.15) is 30.7 Å². The van der Waals surface area contributed by atoms with E-state index in [1.807, 2.05) is 82.3 Å². The highest BCUT2D eigenvalue weighted by atomic mass is 32.1. The van der Waals surface area contributed by atoms with E-state index in [1.54, 1.807) is 0 Å². The first-order valence-corrected chi connectivity index (χ1v) is 12.3. The molecule has 0 aliphatic carbocycles. The summed E-state index contributed by atoms with van der Waals surface area (Å²) in [5, 5.41) is 7.07. The Balaban J connectivity index is 1.21. The van der Waals surface area contributed by atoms with Gasteiger partial charge in [-0.15, -0.1) is 0 Å². The SMILES string of the molecule is CC1(C)O[C@H]2O[C@H]([C@H]3COC(C)(C)O3)[C@@H](NC(=S)Nc3ccc(OCc4ccccc4)cc3)[C@H]2O1. The molecule has 0 saturated carbocycles. The number of fused-ring (bicyclic) bond motifs is 1. The first kappa shape index (κ1) is 24.4. The fraction of sp³-hybridized carbons (Fsp3) is 0.500. The van der Waals surface area contributed by atoms with E-state index in [0.717, 1.165) is 17.0 Å². The minimum atomic E-state index is -0.739. The zero-order valence-electron chi connectivity index (χ0n) is 20.4. The van der Waals surface area contributed by atoms with Crippen molar-refractivity contribution >= 4 is 23.0 Å². The van der Waals surface area contributed by atoms with Crippen molar-refractivity contribution in [1.29, 1.82) is 0 Å². The highest BCUT2D eigenvalue weighted by Crippen LogP contribution is 2.40. The van der Waals surface area contributed by atoms with Crippen LogP contribution >= 0.6 is 12.2 Å². The van der Waals surface area contributed by atoms with Crippen molar-refractivity contribution in [3.63, 3.8) is 0 Å². The first-order valence-electron chi connectivity index (χ1n) is 11.8. The predicted octanol–water partition coefficient (Wildman–Crippen LogP) is 3.95. The van der Waals surface area contributed by atoms with Gasteiger partial charge in [-0.3, -0.25) is 0 Å². The topological polar surface area (TPSA) is 79.4 Å². The molecule has 8 nitrogen and oxygen atoms in total. The van der Waals surface area contributed by atoms with Crippen LogP contribution in [0.5, 0.6) is 5.75 Å². The third-order valence-electron chi connectivity index (χ3n) is 6.14. The highest BCUT2D eigenvalue weighted by Gasteiger charge is 2.58. The number of hydrogen-bond donors (Lipinski definition) is 2. The number of thiocarbonyl (C=S) groups is 1. The normalized spacial score (nSPS) is 30.6. The summed E-state index contributed by atoms with van der Waals surface area (Å²) in [4.78, 5) is 0. The molecule has 3 heterocycles. The Labute approximate surface area is 211 Å². The van der Waals surface area contributed by atoms with Crippen LogP contribution in [0.25, 0.3) is 0 Å². The summed E-state index contributed by atoms with van der Waals surface area (Å²) in [5.41, 5.74) is 1.96. The van der Waals surface area contributed by atoms with Crippen molar-refractivity contribution in [2.24, 2.45) is 0 Å². The number of hydrogen-bond acceptors (Lipinski definition) is 7. The summed E-state index contributed by atoms with van der Waals surface area (Å²) in [5.74, 6) is -0.623. The van der Waals surface area contributed by atoms with E-state index in [9.17, 15) is 0 Å². The monoisotopic (exact) mass is 500 g/mol. The van der Waals surface area contributed by atoms with Gasteiger partial charge in [0.2, 0.25) is 0 Å². The quantitative estimate of drug-likeness (QED) is 0.573. The van der Waals surface area contributed by atoms with Gasteiger partial charge in [0.15, 0.2) is 23.0 Å². The number of ether oxygens (including phenoxy) is 6. The van der Waals surface area contributed by atoms with Crippen LogP contribution in [0.3, 0.4) is 0 Å². The highest BCUT2D eigenvalue weighted by molar-refractivity contribution is 7.80. The van der Waals surface area contributed by atoms with Crippen molar-refractivity contribution in [2.45, 2.75) is 76.5 Å². The second-order valence-corrected chi connectivity index (χ2v) is 10.3. The number of nitrogens with one attached hydrogen (secondary N) is 2. The molecule has 9 heteroatoms. The molecule has 0 spiro atoms. The van der Waals surface area contributed by atoms with E-state index in [0.29, 0.717) is 18.3 Å². The van der Waals surface area contributed by atoms with Crippen LogP contribution in [0, 0.1) is 0 Å². The Kier molecular flexibility index (Phi) is 6.73. The van der Waals surface area contributed by atoms with Gasteiger partial charge in [0.25, 0.3) is 0 Å². The maximum absolute atomic E-state index is 6.22. The lowest BCUT2D eigenvalue weighted by atomic mass is 10.0. The van der Waals surface area contributed by atoms with E-state index in [-0.39, 0.29) is 24.4 Å².